The van der Waals surface area contributed by atoms with Gasteiger partial charge in [0.05, 0.1) is 33.1 Å². The van der Waals surface area contributed by atoms with E-state index in [2.05, 4.69) is 37.6 Å². The van der Waals surface area contributed by atoms with Crippen LogP contribution in [0.15, 0.2) is 18.2 Å². The van der Waals surface area contributed by atoms with Crippen molar-refractivity contribution < 1.29 is 33.1 Å². The van der Waals surface area contributed by atoms with Crippen LogP contribution in [0.1, 0.15) is 104 Å². The van der Waals surface area contributed by atoms with Crippen LogP contribution < -0.4 is 11.1 Å². The minimum Gasteiger partial charge on any atom is -0.462 e. The maximum Gasteiger partial charge on any atom is 0.310 e. The topological polar surface area (TPSA) is 130 Å². The molecule has 1 amide bonds. The van der Waals surface area contributed by atoms with Crippen LogP contribution in [0, 0.1) is 12.3 Å². The molecule has 2 aliphatic carbocycles. The average Bonchev–Trinajstić information content (AvgIpc) is 3.18. The summed E-state index contributed by atoms with van der Waals surface area (Å²) < 4.78 is 13.9. The third-order valence-electron chi connectivity index (χ3n) is 8.89. The Bertz CT molecular complexity index is 1460. The van der Waals surface area contributed by atoms with Crippen LogP contribution in [-0.2, 0) is 31.9 Å². The van der Waals surface area contributed by atoms with Gasteiger partial charge >= 0.3 is 11.9 Å². The zero-order valence-corrected chi connectivity index (χ0v) is 28.2. The number of hydrogen-bond acceptors (Lipinski definition) is 7. The Balaban J connectivity index is 1.48. The van der Waals surface area contributed by atoms with E-state index in [1.165, 1.54) is 6.92 Å². The van der Waals surface area contributed by atoms with Crippen molar-refractivity contribution in [3.63, 3.8) is 0 Å². The number of carbonyl (C=O) groups excluding carboxylic acids is 4. The minimum atomic E-state index is -0.542. The lowest BCUT2D eigenvalue weighted by Crippen LogP contribution is -2.44. The normalized spacial score (nSPS) is 20.2. The smallest absolute Gasteiger partial charge is 0.310 e. The summed E-state index contributed by atoms with van der Waals surface area (Å²) in [6.07, 6.45) is 4.18. The maximum atomic E-state index is 13.3. The molecule has 1 unspecified atom stereocenters. The van der Waals surface area contributed by atoms with Gasteiger partial charge in [-0.05, 0) is 74.6 Å². The molecule has 246 valence electrons. The van der Waals surface area contributed by atoms with Crippen molar-refractivity contribution in [1.82, 2.24) is 4.57 Å². The SMILES string of the molecule is CCc1c2c(n(-c3ccc(C(N)=O)c(NC4CCC(OC(=O)CC(C[N+](C)(C)C)OC(C)=O)CC4)c3)c1C)CC(C)(C)CC2=O. The van der Waals surface area contributed by atoms with Crippen molar-refractivity contribution in [2.45, 2.75) is 104 Å². The largest absolute Gasteiger partial charge is 0.462 e. The predicted octanol–water partition coefficient (Wildman–Crippen LogP) is 4.90. The van der Waals surface area contributed by atoms with E-state index < -0.39 is 18.0 Å². The van der Waals surface area contributed by atoms with Gasteiger partial charge in [-0.1, -0.05) is 20.8 Å². The van der Waals surface area contributed by atoms with Crippen molar-refractivity contribution in [1.29, 1.82) is 0 Å². The molecule has 3 N–H and O–H groups in total. The maximum absolute atomic E-state index is 13.3. The number of fused-ring (bicyclic) bond motifs is 1. The number of aromatic nitrogens is 1. The first-order valence-electron chi connectivity index (χ1n) is 16.1. The second kappa shape index (κ2) is 13.4. The van der Waals surface area contributed by atoms with Crippen LogP contribution in [0.25, 0.3) is 5.69 Å². The first-order chi connectivity index (χ1) is 21.0. The Hall–Kier alpha value is -3.66. The molecule has 1 atom stereocenters. The van der Waals surface area contributed by atoms with Gasteiger partial charge in [-0.3, -0.25) is 19.2 Å². The number of primary amides is 1. The highest BCUT2D eigenvalue weighted by Gasteiger charge is 2.37. The number of ether oxygens (including phenoxy) is 2. The summed E-state index contributed by atoms with van der Waals surface area (Å²) >= 11 is 0. The van der Waals surface area contributed by atoms with Gasteiger partial charge in [0.15, 0.2) is 11.9 Å². The summed E-state index contributed by atoms with van der Waals surface area (Å²) in [5, 5.41) is 3.56. The summed E-state index contributed by atoms with van der Waals surface area (Å²) in [5.41, 5.74) is 11.6. The lowest BCUT2D eigenvalue weighted by atomic mass is 9.75. The van der Waals surface area contributed by atoms with Gasteiger partial charge in [-0.15, -0.1) is 0 Å². The third kappa shape index (κ3) is 8.34. The van der Waals surface area contributed by atoms with Gasteiger partial charge in [0.1, 0.15) is 12.6 Å². The fraction of sp³-hybridized carbons (Fsp3) is 0.600. The van der Waals surface area contributed by atoms with Crippen LogP contribution in [-0.4, -0.2) is 78.6 Å². The molecule has 1 saturated carbocycles. The number of nitrogens with one attached hydrogen (secondary N) is 1. The van der Waals surface area contributed by atoms with E-state index in [1.807, 2.05) is 33.3 Å². The Kier molecular flexibility index (Phi) is 10.2. The molecule has 0 saturated heterocycles. The number of benzene rings is 1. The average molecular weight is 624 g/mol. The quantitative estimate of drug-likeness (QED) is 0.269. The zero-order chi connectivity index (χ0) is 33.3. The molecule has 45 heavy (non-hydrogen) atoms. The third-order valence-corrected chi connectivity index (χ3v) is 8.89. The van der Waals surface area contributed by atoms with Crippen molar-refractivity contribution >= 4 is 29.3 Å². The number of anilines is 1. The minimum absolute atomic E-state index is 0.0209. The van der Waals surface area contributed by atoms with E-state index in [4.69, 9.17) is 15.2 Å². The molecule has 0 aliphatic heterocycles. The highest BCUT2D eigenvalue weighted by atomic mass is 16.6. The highest BCUT2D eigenvalue weighted by Crippen LogP contribution is 2.40. The molecule has 10 heteroatoms. The van der Waals surface area contributed by atoms with Gasteiger partial charge in [0.2, 0.25) is 0 Å². The van der Waals surface area contributed by atoms with Crippen LogP contribution in [0.2, 0.25) is 0 Å². The number of Topliss-reactive ketones (excluding diaryl/α,β-unsaturated/α-hetero) is 1. The molecule has 1 aromatic heterocycles. The predicted molar refractivity (Wildman–Crippen MR) is 174 cm³/mol. The first-order valence-corrected chi connectivity index (χ1v) is 16.1. The second-order valence-corrected chi connectivity index (χ2v) is 14.6. The number of carbonyl (C=O) groups is 4. The summed E-state index contributed by atoms with van der Waals surface area (Å²) in [6, 6.07) is 5.69. The number of quaternary nitrogens is 1. The standard InChI is InChI=1S/C35H50N4O6/c1-9-27-21(2)38(30-18-35(4,5)19-31(41)33(27)30)24-12-15-28(34(36)43)29(16-24)37-23-10-13-25(14-11-23)45-32(42)17-26(44-22(3)40)20-39(6,7)8/h12,15-16,23,25-26H,9-11,13-14,17-20H2,1-8H3,(H2-,36,37,43)/p+1. The van der Waals surface area contributed by atoms with Crippen LogP contribution in [0.5, 0.6) is 0 Å². The van der Waals surface area contributed by atoms with E-state index in [0.29, 0.717) is 41.5 Å². The number of hydrogen-bond donors (Lipinski definition) is 2. The van der Waals surface area contributed by atoms with E-state index >= 15 is 0 Å². The monoisotopic (exact) mass is 623 g/mol. The first kappa shape index (κ1) is 34.2. The molecule has 0 bridgehead atoms. The number of nitrogens with two attached hydrogens (primary N) is 1. The molecule has 2 aliphatic rings. The van der Waals surface area contributed by atoms with Crippen molar-refractivity contribution in [2.24, 2.45) is 11.1 Å². The molecule has 2 aromatic rings. The molecule has 1 heterocycles. The number of nitrogens with zero attached hydrogens (tertiary/aromatic N) is 2. The van der Waals surface area contributed by atoms with E-state index in [-0.39, 0.29) is 35.7 Å². The number of amides is 1. The number of ketones is 1. The Morgan fingerprint density at radius 2 is 1.78 bits per heavy atom. The summed E-state index contributed by atoms with van der Waals surface area (Å²) in [5.74, 6) is -1.10. The fourth-order valence-corrected chi connectivity index (χ4v) is 7.08. The fourth-order valence-electron chi connectivity index (χ4n) is 7.08. The van der Waals surface area contributed by atoms with E-state index in [0.717, 1.165) is 53.9 Å². The Labute approximate surface area is 267 Å². The highest BCUT2D eigenvalue weighted by molar-refractivity contribution is 6.01. The van der Waals surface area contributed by atoms with E-state index in [9.17, 15) is 19.2 Å². The lowest BCUT2D eigenvalue weighted by Gasteiger charge is -2.31. The lowest BCUT2D eigenvalue weighted by molar-refractivity contribution is -0.873. The number of likely N-dealkylation sites (N-methyl/N-ethyl adjacent to an activating group) is 1. The van der Waals surface area contributed by atoms with Crippen molar-refractivity contribution in [3.05, 3.63) is 46.3 Å². The van der Waals surface area contributed by atoms with Gasteiger partial charge in [-0.25, -0.2) is 0 Å². The molecule has 0 radical (unpaired) electrons. The zero-order valence-electron chi connectivity index (χ0n) is 28.2. The summed E-state index contributed by atoms with van der Waals surface area (Å²) in [4.78, 5) is 50.0. The van der Waals surface area contributed by atoms with Gasteiger partial charge in [-0.2, -0.15) is 0 Å². The van der Waals surface area contributed by atoms with Gasteiger partial charge < -0.3 is 29.6 Å². The second-order valence-electron chi connectivity index (χ2n) is 14.6. The Morgan fingerprint density at radius 3 is 2.36 bits per heavy atom. The van der Waals surface area contributed by atoms with Crippen LogP contribution >= 0.6 is 0 Å². The number of rotatable bonds is 11. The Morgan fingerprint density at radius 1 is 1.11 bits per heavy atom. The molecule has 10 nitrogen and oxygen atoms in total. The number of esters is 2. The van der Waals surface area contributed by atoms with Crippen molar-refractivity contribution in [3.8, 4) is 5.69 Å². The van der Waals surface area contributed by atoms with Crippen LogP contribution in [0.4, 0.5) is 5.69 Å². The van der Waals surface area contributed by atoms with Gasteiger partial charge in [0, 0.05) is 47.7 Å². The molecule has 4 rings (SSSR count). The summed E-state index contributed by atoms with van der Waals surface area (Å²) in [6.45, 7) is 10.3. The van der Waals surface area contributed by atoms with E-state index in [1.54, 1.807) is 6.07 Å². The van der Waals surface area contributed by atoms with Crippen LogP contribution in [0.3, 0.4) is 0 Å². The molecule has 1 fully saturated rings. The van der Waals surface area contributed by atoms with Crippen molar-refractivity contribution in [2.75, 3.05) is 33.0 Å². The molecule has 0 spiro atoms. The molecule has 1 aromatic carbocycles. The summed E-state index contributed by atoms with van der Waals surface area (Å²) in [7, 11) is 5.94. The molecular formula is C35H51N4O6+. The molecular weight excluding hydrogens is 572 g/mol. The van der Waals surface area contributed by atoms with Gasteiger partial charge in [0.25, 0.3) is 5.91 Å².